The number of halogens is 4. The molecule has 0 radical (unpaired) electrons. The molecule has 3 aromatic rings. The van der Waals surface area contributed by atoms with Crippen LogP contribution in [0.25, 0.3) is 11.1 Å². The number of carbonyl (C=O) groups is 1. The summed E-state index contributed by atoms with van der Waals surface area (Å²) in [4.78, 5) is 12.5. The van der Waals surface area contributed by atoms with Crippen LogP contribution in [0.1, 0.15) is 10.4 Å². The van der Waals surface area contributed by atoms with Crippen LogP contribution in [-0.4, -0.2) is 10.8 Å². The molecule has 0 saturated carbocycles. The zero-order valence-corrected chi connectivity index (χ0v) is 17.9. The summed E-state index contributed by atoms with van der Waals surface area (Å²) in [7, 11) is 0. The minimum Gasteiger partial charge on any atom is -0.471 e. The van der Waals surface area contributed by atoms with Crippen molar-refractivity contribution in [2.75, 3.05) is 0 Å². The van der Waals surface area contributed by atoms with Gasteiger partial charge in [0.15, 0.2) is 0 Å². The third kappa shape index (κ3) is 4.68. The van der Waals surface area contributed by atoms with Crippen molar-refractivity contribution in [2.45, 2.75) is 5.01 Å². The molecule has 0 fully saturated rings. The Labute approximate surface area is 178 Å². The highest BCUT2D eigenvalue weighted by Crippen LogP contribution is 2.27. The second-order valence-corrected chi connectivity index (χ2v) is 8.04. The highest BCUT2D eigenvalue weighted by atomic mass is 79.9. The molecule has 6 heteroatoms. The second kappa shape index (κ2) is 8.57. The number of carbonyl (C=O) groups excluding carboxylic acids is 1. The van der Waals surface area contributed by atoms with Gasteiger partial charge in [-0.15, -0.1) is 0 Å². The standard InChI is InChI=1S/C20H12Br2Cl2O2/c21-14-5-1-12(2-6-14)13-3-8-16(9-4-13)26-20(22)19(25)17-10-7-15(23)11-18(17)24/h1-11,20H. The van der Waals surface area contributed by atoms with Gasteiger partial charge in [0.25, 0.3) is 0 Å². The van der Waals surface area contributed by atoms with Gasteiger partial charge in [0.1, 0.15) is 5.75 Å². The van der Waals surface area contributed by atoms with E-state index >= 15 is 0 Å². The first-order valence-corrected chi connectivity index (χ1v) is 10.1. The molecule has 26 heavy (non-hydrogen) atoms. The van der Waals surface area contributed by atoms with E-state index in [4.69, 9.17) is 27.9 Å². The van der Waals surface area contributed by atoms with Crippen molar-refractivity contribution < 1.29 is 9.53 Å². The molecule has 0 amide bonds. The van der Waals surface area contributed by atoms with Gasteiger partial charge in [0.2, 0.25) is 10.8 Å². The molecule has 0 aliphatic carbocycles. The summed E-state index contributed by atoms with van der Waals surface area (Å²) < 4.78 is 6.72. The molecule has 0 saturated heterocycles. The zero-order chi connectivity index (χ0) is 18.7. The Balaban J connectivity index is 1.72. The van der Waals surface area contributed by atoms with Gasteiger partial charge in [-0.25, -0.2) is 0 Å². The van der Waals surface area contributed by atoms with Gasteiger partial charge >= 0.3 is 0 Å². The van der Waals surface area contributed by atoms with Crippen molar-refractivity contribution in [1.82, 2.24) is 0 Å². The minimum atomic E-state index is -0.847. The Bertz CT molecular complexity index is 926. The molecular weight excluding hydrogens is 503 g/mol. The maximum atomic E-state index is 12.5. The Morgan fingerprint density at radius 1 is 0.885 bits per heavy atom. The molecule has 0 spiro atoms. The molecule has 1 unspecified atom stereocenters. The van der Waals surface area contributed by atoms with E-state index in [0.29, 0.717) is 21.4 Å². The van der Waals surface area contributed by atoms with E-state index in [1.807, 2.05) is 48.5 Å². The lowest BCUT2D eigenvalue weighted by atomic mass is 10.1. The molecule has 0 N–H and O–H groups in total. The number of alkyl halides is 1. The molecule has 132 valence electrons. The summed E-state index contributed by atoms with van der Waals surface area (Å²) in [5.74, 6) is 0.301. The average molecular weight is 515 g/mol. The van der Waals surface area contributed by atoms with Crippen LogP contribution in [-0.2, 0) is 0 Å². The first-order chi connectivity index (χ1) is 12.4. The summed E-state index contributed by atoms with van der Waals surface area (Å²) in [6, 6.07) is 20.3. The number of benzene rings is 3. The molecule has 1 atom stereocenters. The van der Waals surface area contributed by atoms with Crippen LogP contribution in [0.3, 0.4) is 0 Å². The molecule has 0 aliphatic heterocycles. The van der Waals surface area contributed by atoms with Gasteiger partial charge in [-0.3, -0.25) is 4.79 Å². The fourth-order valence-electron chi connectivity index (χ4n) is 2.35. The van der Waals surface area contributed by atoms with Crippen LogP contribution in [0, 0.1) is 0 Å². The van der Waals surface area contributed by atoms with Crippen LogP contribution in [0.5, 0.6) is 5.75 Å². The number of hydrogen-bond acceptors (Lipinski definition) is 2. The summed E-state index contributed by atoms with van der Waals surface area (Å²) >= 11 is 18.6. The van der Waals surface area contributed by atoms with Crippen molar-refractivity contribution in [2.24, 2.45) is 0 Å². The van der Waals surface area contributed by atoms with Gasteiger partial charge < -0.3 is 4.74 Å². The van der Waals surface area contributed by atoms with Crippen molar-refractivity contribution in [1.29, 1.82) is 0 Å². The number of hydrogen-bond donors (Lipinski definition) is 0. The van der Waals surface area contributed by atoms with E-state index in [1.54, 1.807) is 12.1 Å². The van der Waals surface area contributed by atoms with Crippen LogP contribution in [0.2, 0.25) is 10.0 Å². The first kappa shape index (κ1) is 19.4. The van der Waals surface area contributed by atoms with Crippen LogP contribution < -0.4 is 4.74 Å². The zero-order valence-electron chi connectivity index (χ0n) is 13.3. The van der Waals surface area contributed by atoms with Gasteiger partial charge in [-0.05, 0) is 69.5 Å². The van der Waals surface area contributed by atoms with Crippen molar-refractivity contribution in [3.63, 3.8) is 0 Å². The smallest absolute Gasteiger partial charge is 0.215 e. The van der Waals surface area contributed by atoms with E-state index in [0.717, 1.165) is 15.6 Å². The third-order valence-corrected chi connectivity index (χ3v) is 5.35. The van der Waals surface area contributed by atoms with E-state index in [9.17, 15) is 4.79 Å². The molecule has 3 aromatic carbocycles. The molecule has 0 aliphatic rings. The second-order valence-electron chi connectivity index (χ2n) is 5.45. The van der Waals surface area contributed by atoms with E-state index < -0.39 is 5.01 Å². The van der Waals surface area contributed by atoms with E-state index in [-0.39, 0.29) is 5.78 Å². The predicted molar refractivity (Wildman–Crippen MR) is 114 cm³/mol. The normalized spacial score (nSPS) is 11.8. The van der Waals surface area contributed by atoms with Crippen LogP contribution in [0.4, 0.5) is 0 Å². The number of rotatable bonds is 5. The maximum absolute atomic E-state index is 12.5. The largest absolute Gasteiger partial charge is 0.471 e. The van der Waals surface area contributed by atoms with Crippen LogP contribution in [0.15, 0.2) is 71.2 Å². The quantitative estimate of drug-likeness (QED) is 0.262. The SMILES string of the molecule is O=C(c1ccc(Cl)cc1Cl)C(Br)Oc1ccc(-c2ccc(Br)cc2)cc1. The van der Waals surface area contributed by atoms with Gasteiger partial charge in [0.05, 0.1) is 5.02 Å². The number of ether oxygens (including phenoxy) is 1. The lowest BCUT2D eigenvalue weighted by molar-refractivity contribution is 0.0897. The lowest BCUT2D eigenvalue weighted by Gasteiger charge is -2.13. The minimum absolute atomic E-state index is 0.274. The van der Waals surface area contributed by atoms with Crippen molar-refractivity contribution in [3.05, 3.63) is 86.8 Å². The molecular formula is C20H12Br2Cl2O2. The lowest BCUT2D eigenvalue weighted by Crippen LogP contribution is -2.21. The molecule has 0 heterocycles. The molecule has 2 nitrogen and oxygen atoms in total. The summed E-state index contributed by atoms with van der Waals surface area (Å²) in [6.07, 6.45) is 0. The first-order valence-electron chi connectivity index (χ1n) is 7.60. The fraction of sp³-hybridized carbons (Fsp3) is 0.0500. The fourth-order valence-corrected chi connectivity index (χ4v) is 3.58. The Hall–Kier alpha value is -1.33. The van der Waals surface area contributed by atoms with E-state index in [1.165, 1.54) is 6.07 Å². The molecule has 0 aromatic heterocycles. The monoisotopic (exact) mass is 512 g/mol. The van der Waals surface area contributed by atoms with Gasteiger partial charge in [-0.1, -0.05) is 63.4 Å². The number of ketones is 1. The predicted octanol–water partition coefficient (Wildman–Crippen LogP) is 7.41. The van der Waals surface area contributed by atoms with Crippen molar-refractivity contribution in [3.8, 4) is 16.9 Å². The maximum Gasteiger partial charge on any atom is 0.215 e. The molecule has 3 rings (SSSR count). The van der Waals surface area contributed by atoms with Crippen molar-refractivity contribution >= 4 is 60.8 Å². The van der Waals surface area contributed by atoms with Gasteiger partial charge in [-0.2, -0.15) is 0 Å². The average Bonchev–Trinajstić information content (AvgIpc) is 2.62. The Kier molecular flexibility index (Phi) is 6.41. The highest BCUT2D eigenvalue weighted by molar-refractivity contribution is 9.10. The topological polar surface area (TPSA) is 26.3 Å². The summed E-state index contributed by atoms with van der Waals surface area (Å²) in [6.45, 7) is 0. The Morgan fingerprint density at radius 2 is 1.46 bits per heavy atom. The third-order valence-electron chi connectivity index (χ3n) is 3.67. The highest BCUT2D eigenvalue weighted by Gasteiger charge is 2.21. The van der Waals surface area contributed by atoms with Crippen LogP contribution >= 0.6 is 55.1 Å². The Morgan fingerprint density at radius 3 is 2.04 bits per heavy atom. The van der Waals surface area contributed by atoms with Gasteiger partial charge in [0, 0.05) is 15.1 Å². The summed E-state index contributed by atoms with van der Waals surface area (Å²) in [5.41, 5.74) is 2.51. The van der Waals surface area contributed by atoms with E-state index in [2.05, 4.69) is 31.9 Å². The summed E-state index contributed by atoms with van der Waals surface area (Å²) in [5, 5.41) is -0.0806. The number of Topliss-reactive ketones (excluding diaryl/α,β-unsaturated/α-hetero) is 1. The molecule has 0 bridgehead atoms.